The normalized spacial score (nSPS) is 11.6. The lowest BCUT2D eigenvalue weighted by Crippen LogP contribution is -2.06. The van der Waals surface area contributed by atoms with Crippen molar-refractivity contribution in [1.29, 1.82) is 0 Å². The van der Waals surface area contributed by atoms with Crippen molar-refractivity contribution in [2.24, 2.45) is 0 Å². The Kier molecular flexibility index (Phi) is 4.78. The summed E-state index contributed by atoms with van der Waals surface area (Å²) in [5.41, 5.74) is 1.27. The van der Waals surface area contributed by atoms with Crippen molar-refractivity contribution in [3.05, 3.63) is 70.5 Å². The van der Waals surface area contributed by atoms with Gasteiger partial charge in [-0.25, -0.2) is 9.78 Å². The molecule has 7 heteroatoms. The molecule has 0 atom stereocenters. The lowest BCUT2D eigenvalue weighted by Gasteiger charge is -2.11. The van der Waals surface area contributed by atoms with E-state index in [-0.39, 0.29) is 11.4 Å². The summed E-state index contributed by atoms with van der Waals surface area (Å²) < 4.78 is 42.6. The van der Waals surface area contributed by atoms with Gasteiger partial charge in [0.15, 0.2) is 11.4 Å². The Bertz CT molecular complexity index is 1010. The highest BCUT2D eigenvalue weighted by Gasteiger charge is 2.29. The van der Waals surface area contributed by atoms with E-state index in [9.17, 15) is 23.1 Å². The van der Waals surface area contributed by atoms with Gasteiger partial charge in [0.25, 0.3) is 0 Å². The Hall–Kier alpha value is -3.09. The number of hydrogen-bond acceptors (Lipinski definition) is 4. The van der Waals surface area contributed by atoms with E-state index >= 15 is 0 Å². The Morgan fingerprint density at radius 3 is 2.30 bits per heavy atom. The Balaban J connectivity index is 1.95. The first kappa shape index (κ1) is 18.7. The maximum Gasteiger partial charge on any atom is 0.416 e. The molecule has 3 rings (SSSR count). The van der Waals surface area contributed by atoms with Gasteiger partial charge in [-0.15, -0.1) is 0 Å². The quantitative estimate of drug-likeness (QED) is 0.678. The second kappa shape index (κ2) is 6.90. The molecule has 0 amide bonds. The molecule has 0 aliphatic heterocycles. The van der Waals surface area contributed by atoms with Gasteiger partial charge < -0.3 is 9.84 Å². The number of aryl methyl sites for hydroxylation is 1. The minimum Gasteiger partial charge on any atom is -0.505 e. The molecule has 140 valence electrons. The molecule has 0 aliphatic rings. The van der Waals surface area contributed by atoms with Crippen LogP contribution in [0.5, 0.6) is 5.75 Å². The highest BCUT2D eigenvalue weighted by molar-refractivity contribution is 6.00. The lowest BCUT2D eigenvalue weighted by atomic mass is 9.99. The van der Waals surface area contributed by atoms with Crippen molar-refractivity contribution in [3.63, 3.8) is 0 Å². The zero-order chi connectivity index (χ0) is 19.8. The number of esters is 1. The second-order valence-corrected chi connectivity index (χ2v) is 6.14. The van der Waals surface area contributed by atoms with Crippen LogP contribution in [0.15, 0.2) is 42.5 Å². The standard InChI is InChI=1S/C20H16F3NO3/c1-11-16-10-13(9-12-3-6-14(7-4-12)20(21,22)23)5-8-15(16)18(25)17(24-11)19(26)27-2/h3-8,10,25H,9H2,1-2H3. The van der Waals surface area contributed by atoms with Gasteiger partial charge in [0, 0.05) is 16.5 Å². The molecule has 1 N–H and O–H groups in total. The van der Waals surface area contributed by atoms with Crippen LogP contribution >= 0.6 is 0 Å². The third kappa shape index (κ3) is 3.72. The summed E-state index contributed by atoms with van der Waals surface area (Å²) in [6.07, 6.45) is -3.94. The molecule has 0 radical (unpaired) electrons. The van der Waals surface area contributed by atoms with Crippen LogP contribution in [0, 0.1) is 6.92 Å². The number of aromatic hydroxyl groups is 1. The third-order valence-electron chi connectivity index (χ3n) is 4.30. The van der Waals surface area contributed by atoms with Gasteiger partial charge in [-0.3, -0.25) is 0 Å². The van der Waals surface area contributed by atoms with E-state index in [1.54, 1.807) is 25.1 Å². The van der Waals surface area contributed by atoms with Gasteiger partial charge in [-0.1, -0.05) is 24.3 Å². The maximum absolute atomic E-state index is 12.7. The first-order chi connectivity index (χ1) is 12.7. The number of nitrogens with zero attached hydrogens (tertiary/aromatic N) is 1. The average molecular weight is 375 g/mol. The number of benzene rings is 2. The number of hydrogen-bond donors (Lipinski definition) is 1. The van der Waals surface area contributed by atoms with Crippen LogP contribution in [0.3, 0.4) is 0 Å². The molecule has 0 aliphatic carbocycles. The molecular formula is C20H16F3NO3. The zero-order valence-electron chi connectivity index (χ0n) is 14.6. The molecule has 0 saturated carbocycles. The number of pyridine rings is 1. The summed E-state index contributed by atoms with van der Waals surface area (Å²) in [7, 11) is 1.20. The van der Waals surface area contributed by atoms with Crippen LogP contribution in [0.2, 0.25) is 0 Å². The van der Waals surface area contributed by atoms with Crippen LogP contribution in [0.1, 0.15) is 32.9 Å². The summed E-state index contributed by atoms with van der Waals surface area (Å²) in [5.74, 6) is -0.991. The van der Waals surface area contributed by atoms with Gasteiger partial charge >= 0.3 is 12.1 Å². The van der Waals surface area contributed by atoms with Crippen LogP contribution < -0.4 is 0 Å². The summed E-state index contributed by atoms with van der Waals surface area (Å²) in [6, 6.07) is 10.2. The van der Waals surface area contributed by atoms with Crippen LogP contribution in [-0.2, 0) is 17.3 Å². The molecule has 27 heavy (non-hydrogen) atoms. The lowest BCUT2D eigenvalue weighted by molar-refractivity contribution is -0.137. The fourth-order valence-electron chi connectivity index (χ4n) is 2.90. The zero-order valence-corrected chi connectivity index (χ0v) is 14.6. The van der Waals surface area contributed by atoms with Crippen LogP contribution in [0.4, 0.5) is 13.2 Å². The topological polar surface area (TPSA) is 59.4 Å². The fourth-order valence-corrected chi connectivity index (χ4v) is 2.90. The second-order valence-electron chi connectivity index (χ2n) is 6.14. The number of carbonyl (C=O) groups excluding carboxylic acids is 1. The molecule has 0 fully saturated rings. The van der Waals surface area contributed by atoms with Crippen molar-refractivity contribution in [3.8, 4) is 5.75 Å². The fraction of sp³-hybridized carbons (Fsp3) is 0.200. The summed E-state index contributed by atoms with van der Waals surface area (Å²) >= 11 is 0. The molecule has 0 bridgehead atoms. The van der Waals surface area contributed by atoms with Gasteiger partial charge in [-0.05, 0) is 42.7 Å². The molecule has 0 spiro atoms. The van der Waals surface area contributed by atoms with Crippen molar-refractivity contribution in [1.82, 2.24) is 4.98 Å². The van der Waals surface area contributed by atoms with E-state index in [1.807, 2.05) is 0 Å². The summed E-state index contributed by atoms with van der Waals surface area (Å²) in [4.78, 5) is 15.8. The monoisotopic (exact) mass is 375 g/mol. The van der Waals surface area contributed by atoms with Gasteiger partial charge in [0.1, 0.15) is 0 Å². The highest BCUT2D eigenvalue weighted by Crippen LogP contribution is 2.32. The van der Waals surface area contributed by atoms with Crippen molar-refractivity contribution in [2.45, 2.75) is 19.5 Å². The molecule has 0 saturated heterocycles. The Morgan fingerprint density at radius 2 is 1.70 bits per heavy atom. The van der Waals surface area contributed by atoms with E-state index < -0.39 is 17.7 Å². The number of fused-ring (bicyclic) bond motifs is 1. The number of methoxy groups -OCH3 is 1. The molecule has 1 aromatic heterocycles. The first-order valence-corrected chi connectivity index (χ1v) is 8.07. The molecule has 1 heterocycles. The van der Waals surface area contributed by atoms with E-state index in [1.165, 1.54) is 19.2 Å². The van der Waals surface area contributed by atoms with Crippen LogP contribution in [-0.4, -0.2) is 23.2 Å². The first-order valence-electron chi connectivity index (χ1n) is 8.07. The minimum atomic E-state index is -4.36. The third-order valence-corrected chi connectivity index (χ3v) is 4.30. The smallest absolute Gasteiger partial charge is 0.416 e. The number of aromatic nitrogens is 1. The van der Waals surface area contributed by atoms with Crippen molar-refractivity contribution < 1.29 is 27.8 Å². The van der Waals surface area contributed by atoms with E-state index in [4.69, 9.17) is 0 Å². The maximum atomic E-state index is 12.7. The molecule has 4 nitrogen and oxygen atoms in total. The van der Waals surface area contributed by atoms with Crippen molar-refractivity contribution >= 4 is 16.7 Å². The molecule has 0 unspecified atom stereocenters. The summed E-state index contributed by atoms with van der Waals surface area (Å²) in [5, 5.41) is 11.4. The highest BCUT2D eigenvalue weighted by atomic mass is 19.4. The predicted octanol–water partition coefficient (Wildman–Crippen LogP) is 4.65. The van der Waals surface area contributed by atoms with E-state index in [2.05, 4.69) is 9.72 Å². The number of alkyl halides is 3. The SMILES string of the molecule is COC(=O)c1nc(C)c2cc(Cc3ccc(C(F)(F)F)cc3)ccc2c1O. The number of halogens is 3. The van der Waals surface area contributed by atoms with Gasteiger partial charge in [-0.2, -0.15) is 13.2 Å². The molecular weight excluding hydrogens is 359 g/mol. The predicted molar refractivity (Wildman–Crippen MR) is 93.7 cm³/mol. The van der Waals surface area contributed by atoms with Crippen molar-refractivity contribution in [2.75, 3.05) is 7.11 Å². The average Bonchev–Trinajstić information content (AvgIpc) is 2.63. The Morgan fingerprint density at radius 1 is 1.07 bits per heavy atom. The number of ether oxygens (including phenoxy) is 1. The van der Waals surface area contributed by atoms with Gasteiger partial charge in [0.2, 0.25) is 0 Å². The van der Waals surface area contributed by atoms with Gasteiger partial charge in [0.05, 0.1) is 12.7 Å². The van der Waals surface area contributed by atoms with Crippen LogP contribution in [0.25, 0.3) is 10.8 Å². The largest absolute Gasteiger partial charge is 0.505 e. The summed E-state index contributed by atoms with van der Waals surface area (Å²) in [6.45, 7) is 1.70. The molecule has 2 aromatic carbocycles. The molecule has 3 aromatic rings. The number of carbonyl (C=O) groups is 1. The number of rotatable bonds is 3. The van der Waals surface area contributed by atoms with E-state index in [0.29, 0.717) is 22.9 Å². The minimum absolute atomic E-state index is 0.155. The van der Waals surface area contributed by atoms with E-state index in [0.717, 1.165) is 23.3 Å². The Labute approximate surface area is 153 Å².